The van der Waals surface area contributed by atoms with Gasteiger partial charge in [-0.3, -0.25) is 14.9 Å². The first kappa shape index (κ1) is 21.9. The van der Waals surface area contributed by atoms with Gasteiger partial charge in [0.1, 0.15) is 11.4 Å². The molecule has 2 aromatic rings. The summed E-state index contributed by atoms with van der Waals surface area (Å²) in [6.07, 6.45) is -1.14. The van der Waals surface area contributed by atoms with Gasteiger partial charge in [0.25, 0.3) is 11.6 Å². The minimum atomic E-state index is -1.14. The van der Waals surface area contributed by atoms with Crippen LogP contribution in [0.5, 0.6) is 5.75 Å². The van der Waals surface area contributed by atoms with Crippen LogP contribution in [0, 0.1) is 10.1 Å². The number of benzene rings is 2. The van der Waals surface area contributed by atoms with Crippen LogP contribution < -0.4 is 10.1 Å². The van der Waals surface area contributed by atoms with Crippen molar-refractivity contribution in [1.82, 2.24) is 0 Å². The van der Waals surface area contributed by atoms with Gasteiger partial charge in [-0.1, -0.05) is 45.0 Å². The molecule has 0 aliphatic rings. The second-order valence-electron chi connectivity index (χ2n) is 7.46. The summed E-state index contributed by atoms with van der Waals surface area (Å²) >= 11 is 0. The van der Waals surface area contributed by atoms with E-state index >= 15 is 0 Å². The fourth-order valence-electron chi connectivity index (χ4n) is 2.45. The predicted molar refractivity (Wildman–Crippen MR) is 108 cm³/mol. The summed E-state index contributed by atoms with van der Waals surface area (Å²) in [5, 5.41) is 13.4. The van der Waals surface area contributed by atoms with Crippen LogP contribution in [0.4, 0.5) is 11.4 Å². The predicted octanol–water partition coefficient (Wildman–Crippen LogP) is 3.84. The van der Waals surface area contributed by atoms with Crippen molar-refractivity contribution in [2.45, 2.75) is 39.2 Å². The molecule has 1 atom stereocenters. The smallest absolute Gasteiger partial charge is 0.344 e. The Bertz CT molecular complexity index is 887. The number of rotatable bonds is 7. The highest BCUT2D eigenvalue weighted by molar-refractivity contribution is 5.96. The SMILES string of the molecule is C[C@@H](OC(=O)COc1ccc(C(C)(C)C)cc1)C(=O)Nc1ccccc1[N+](=O)[O-]. The molecule has 2 aromatic carbocycles. The zero-order valence-corrected chi connectivity index (χ0v) is 16.8. The first-order valence-electron chi connectivity index (χ1n) is 9.05. The second-order valence-corrected chi connectivity index (χ2v) is 7.46. The third-order valence-electron chi connectivity index (χ3n) is 4.11. The lowest BCUT2D eigenvalue weighted by Crippen LogP contribution is -2.31. The molecule has 0 aliphatic heterocycles. The third-order valence-corrected chi connectivity index (χ3v) is 4.11. The van der Waals surface area contributed by atoms with Crippen molar-refractivity contribution < 1.29 is 24.0 Å². The number of nitrogens with one attached hydrogen (secondary N) is 1. The highest BCUT2D eigenvalue weighted by atomic mass is 16.6. The Labute approximate surface area is 169 Å². The number of esters is 1. The molecule has 29 heavy (non-hydrogen) atoms. The molecular weight excluding hydrogens is 376 g/mol. The van der Waals surface area contributed by atoms with E-state index in [0.29, 0.717) is 5.75 Å². The Kier molecular flexibility index (Phi) is 6.93. The maximum atomic E-state index is 12.2. The monoisotopic (exact) mass is 400 g/mol. The number of amides is 1. The Morgan fingerprint density at radius 2 is 1.72 bits per heavy atom. The van der Waals surface area contributed by atoms with Crippen LogP contribution in [-0.4, -0.2) is 29.5 Å². The van der Waals surface area contributed by atoms with E-state index in [1.165, 1.54) is 25.1 Å². The summed E-state index contributed by atoms with van der Waals surface area (Å²) < 4.78 is 10.4. The molecule has 8 nitrogen and oxygen atoms in total. The summed E-state index contributed by atoms with van der Waals surface area (Å²) in [7, 11) is 0. The molecule has 0 aromatic heterocycles. The van der Waals surface area contributed by atoms with Gasteiger partial charge in [0, 0.05) is 6.07 Å². The molecule has 154 valence electrons. The Morgan fingerprint density at radius 3 is 2.31 bits per heavy atom. The van der Waals surface area contributed by atoms with Gasteiger partial charge in [0.2, 0.25) is 0 Å². The minimum absolute atomic E-state index is 0.00802. The van der Waals surface area contributed by atoms with Crippen molar-refractivity contribution in [3.05, 3.63) is 64.2 Å². The van der Waals surface area contributed by atoms with Gasteiger partial charge in [0.05, 0.1) is 4.92 Å². The van der Waals surface area contributed by atoms with Gasteiger partial charge in [-0.05, 0) is 36.1 Å². The molecule has 0 bridgehead atoms. The maximum absolute atomic E-state index is 12.2. The van der Waals surface area contributed by atoms with Crippen molar-refractivity contribution in [2.75, 3.05) is 11.9 Å². The van der Waals surface area contributed by atoms with E-state index in [-0.39, 0.29) is 23.4 Å². The third kappa shape index (κ3) is 6.31. The van der Waals surface area contributed by atoms with Crippen molar-refractivity contribution >= 4 is 23.3 Å². The van der Waals surface area contributed by atoms with Crippen molar-refractivity contribution in [2.24, 2.45) is 0 Å². The number of hydrogen-bond donors (Lipinski definition) is 1. The lowest BCUT2D eigenvalue weighted by atomic mass is 9.87. The highest BCUT2D eigenvalue weighted by Crippen LogP contribution is 2.25. The second kappa shape index (κ2) is 9.18. The lowest BCUT2D eigenvalue weighted by Gasteiger charge is -2.19. The van der Waals surface area contributed by atoms with Gasteiger partial charge in [-0.15, -0.1) is 0 Å². The molecule has 8 heteroatoms. The highest BCUT2D eigenvalue weighted by Gasteiger charge is 2.22. The summed E-state index contributed by atoms with van der Waals surface area (Å²) in [5.74, 6) is -0.899. The molecule has 1 amide bonds. The molecule has 0 aliphatic carbocycles. The lowest BCUT2D eigenvalue weighted by molar-refractivity contribution is -0.383. The fourth-order valence-corrected chi connectivity index (χ4v) is 2.45. The Morgan fingerprint density at radius 1 is 1.10 bits per heavy atom. The van der Waals surface area contributed by atoms with E-state index in [4.69, 9.17) is 9.47 Å². The zero-order chi connectivity index (χ0) is 21.6. The zero-order valence-electron chi connectivity index (χ0n) is 16.8. The van der Waals surface area contributed by atoms with E-state index in [1.807, 2.05) is 12.1 Å². The number of nitro groups is 1. The van der Waals surface area contributed by atoms with E-state index < -0.39 is 22.9 Å². The van der Waals surface area contributed by atoms with Crippen LogP contribution in [0.2, 0.25) is 0 Å². The maximum Gasteiger partial charge on any atom is 0.344 e. The van der Waals surface area contributed by atoms with E-state index in [9.17, 15) is 19.7 Å². The van der Waals surface area contributed by atoms with Crippen LogP contribution in [0.15, 0.2) is 48.5 Å². The van der Waals surface area contributed by atoms with Gasteiger partial charge < -0.3 is 14.8 Å². The van der Waals surface area contributed by atoms with Gasteiger partial charge in [-0.2, -0.15) is 0 Å². The summed E-state index contributed by atoms with van der Waals surface area (Å²) in [4.78, 5) is 34.5. The van der Waals surface area contributed by atoms with Gasteiger partial charge in [-0.25, -0.2) is 4.79 Å². The summed E-state index contributed by atoms with van der Waals surface area (Å²) in [6, 6.07) is 13.1. The summed E-state index contributed by atoms with van der Waals surface area (Å²) in [6.45, 7) is 7.29. The molecule has 0 radical (unpaired) electrons. The minimum Gasteiger partial charge on any atom is -0.482 e. The van der Waals surface area contributed by atoms with Gasteiger partial charge in [0.15, 0.2) is 12.7 Å². The van der Waals surface area contributed by atoms with Crippen molar-refractivity contribution in [1.29, 1.82) is 0 Å². The Hall–Kier alpha value is -3.42. The topological polar surface area (TPSA) is 108 Å². The molecule has 0 unspecified atom stereocenters. The summed E-state index contributed by atoms with van der Waals surface area (Å²) in [5.41, 5.74) is 0.920. The quantitative estimate of drug-likeness (QED) is 0.430. The molecule has 0 fully saturated rings. The average Bonchev–Trinajstić information content (AvgIpc) is 2.66. The first-order chi connectivity index (χ1) is 13.6. The molecule has 0 saturated carbocycles. The van der Waals surface area contributed by atoms with Crippen LogP contribution >= 0.6 is 0 Å². The van der Waals surface area contributed by atoms with E-state index in [0.717, 1.165) is 5.56 Å². The molecular formula is C21H24N2O6. The molecule has 1 N–H and O–H groups in total. The van der Waals surface area contributed by atoms with E-state index in [1.54, 1.807) is 18.2 Å². The molecule has 0 saturated heterocycles. The first-order valence-corrected chi connectivity index (χ1v) is 9.05. The van der Waals surface area contributed by atoms with E-state index in [2.05, 4.69) is 26.1 Å². The average molecular weight is 400 g/mol. The fraction of sp³-hybridized carbons (Fsp3) is 0.333. The largest absolute Gasteiger partial charge is 0.482 e. The van der Waals surface area contributed by atoms with Crippen LogP contribution in [0.25, 0.3) is 0 Å². The van der Waals surface area contributed by atoms with Crippen LogP contribution in [0.3, 0.4) is 0 Å². The molecule has 0 heterocycles. The standard InChI is InChI=1S/C21H24N2O6/c1-14(20(25)22-17-7-5-6-8-18(17)23(26)27)29-19(24)13-28-16-11-9-15(10-12-16)21(2,3)4/h5-12,14H,13H2,1-4H3,(H,22,25)/t14-/m1/s1. The number of anilines is 1. The van der Waals surface area contributed by atoms with Crippen LogP contribution in [-0.2, 0) is 19.7 Å². The number of nitro benzene ring substituents is 1. The van der Waals surface area contributed by atoms with Crippen molar-refractivity contribution in [3.8, 4) is 5.75 Å². The number of carbonyl (C=O) groups excluding carboxylic acids is 2. The van der Waals surface area contributed by atoms with Gasteiger partial charge >= 0.3 is 5.97 Å². The number of nitrogens with zero attached hydrogens (tertiary/aromatic N) is 1. The number of carbonyl (C=O) groups is 2. The number of hydrogen-bond acceptors (Lipinski definition) is 6. The number of para-hydroxylation sites is 2. The van der Waals surface area contributed by atoms with Crippen molar-refractivity contribution in [3.63, 3.8) is 0 Å². The Balaban J connectivity index is 1.87. The molecule has 0 spiro atoms. The van der Waals surface area contributed by atoms with Crippen LogP contribution in [0.1, 0.15) is 33.3 Å². The normalized spacial score (nSPS) is 12.0. The molecule has 2 rings (SSSR count). The number of ether oxygens (including phenoxy) is 2.